The Bertz CT molecular complexity index is 103. The lowest BCUT2D eigenvalue weighted by Gasteiger charge is -1.94. The number of aliphatic hydroxyl groups is 1. The van der Waals surface area contributed by atoms with Crippen molar-refractivity contribution in [2.45, 2.75) is 26.2 Å². The van der Waals surface area contributed by atoms with E-state index in [-0.39, 0.29) is 0 Å². The molecule has 0 aromatic carbocycles. The van der Waals surface area contributed by atoms with Gasteiger partial charge in [0.05, 0.1) is 5.76 Å². The molecule has 52 valence electrons. The minimum atomic E-state index is 0.483. The lowest BCUT2D eigenvalue weighted by atomic mass is 10.2. The molecule has 0 unspecified atom stereocenters. The zero-order chi connectivity index (χ0) is 7.11. The van der Waals surface area contributed by atoms with E-state index >= 15 is 0 Å². The van der Waals surface area contributed by atoms with Gasteiger partial charge in [-0.15, -0.1) is 6.58 Å². The number of hydrogen-bond donors (Lipinski definition) is 1. The fourth-order valence-electron chi connectivity index (χ4n) is 0.572. The molecule has 9 heavy (non-hydrogen) atoms. The summed E-state index contributed by atoms with van der Waals surface area (Å²) in [4.78, 5) is 0. The number of rotatable bonds is 4. The summed E-state index contributed by atoms with van der Waals surface area (Å²) < 4.78 is 0. The summed E-state index contributed by atoms with van der Waals surface area (Å²) in [5.41, 5.74) is 0. The van der Waals surface area contributed by atoms with Gasteiger partial charge in [0.1, 0.15) is 0 Å². The molecule has 0 bridgehead atoms. The van der Waals surface area contributed by atoms with Crippen molar-refractivity contribution in [3.05, 3.63) is 24.5 Å². The van der Waals surface area contributed by atoms with Crippen molar-refractivity contribution in [3.8, 4) is 0 Å². The van der Waals surface area contributed by atoms with Crippen molar-refractivity contribution in [2.24, 2.45) is 0 Å². The third kappa shape index (κ3) is 5.15. The summed E-state index contributed by atoms with van der Waals surface area (Å²) in [5.74, 6) is 0.483. The third-order valence-electron chi connectivity index (χ3n) is 1.17. The molecular formula is C8H14O. The van der Waals surface area contributed by atoms with Gasteiger partial charge in [0.2, 0.25) is 0 Å². The van der Waals surface area contributed by atoms with Gasteiger partial charge in [0, 0.05) is 6.42 Å². The van der Waals surface area contributed by atoms with Crippen LogP contribution in [0.1, 0.15) is 26.2 Å². The minimum Gasteiger partial charge on any atom is -0.513 e. The Morgan fingerprint density at radius 2 is 2.33 bits per heavy atom. The van der Waals surface area contributed by atoms with Crippen LogP contribution >= 0.6 is 0 Å². The van der Waals surface area contributed by atoms with Crippen LogP contribution in [0.15, 0.2) is 24.5 Å². The second-order valence-electron chi connectivity index (χ2n) is 1.96. The van der Waals surface area contributed by atoms with Gasteiger partial charge in [-0.3, -0.25) is 0 Å². The molecule has 0 saturated heterocycles. The molecular weight excluding hydrogens is 112 g/mol. The standard InChI is InChI=1S/C8H14O/c1-3-5-6-7-8(9)4-2/h3-4,9H,1,5-7H2,2H3/b8-4-. The van der Waals surface area contributed by atoms with Gasteiger partial charge in [-0.05, 0) is 25.8 Å². The van der Waals surface area contributed by atoms with Crippen LogP contribution in [0.5, 0.6) is 0 Å². The fraction of sp³-hybridized carbons (Fsp3) is 0.500. The summed E-state index contributed by atoms with van der Waals surface area (Å²) >= 11 is 0. The topological polar surface area (TPSA) is 20.2 Å². The Kier molecular flexibility index (Phi) is 4.98. The summed E-state index contributed by atoms with van der Waals surface area (Å²) in [7, 11) is 0. The Labute approximate surface area is 56.7 Å². The highest BCUT2D eigenvalue weighted by atomic mass is 16.3. The van der Waals surface area contributed by atoms with Crippen molar-refractivity contribution in [2.75, 3.05) is 0 Å². The van der Waals surface area contributed by atoms with E-state index in [1.807, 2.05) is 13.0 Å². The quantitative estimate of drug-likeness (QED) is 0.349. The first-order chi connectivity index (χ1) is 4.31. The highest BCUT2D eigenvalue weighted by molar-refractivity contribution is 4.87. The predicted molar refractivity (Wildman–Crippen MR) is 40.4 cm³/mol. The third-order valence-corrected chi connectivity index (χ3v) is 1.17. The lowest BCUT2D eigenvalue weighted by molar-refractivity contribution is 0.383. The molecule has 0 radical (unpaired) electrons. The van der Waals surface area contributed by atoms with Gasteiger partial charge in [-0.1, -0.05) is 6.08 Å². The smallest absolute Gasteiger partial charge is 0.0880 e. The van der Waals surface area contributed by atoms with Gasteiger partial charge in [0.15, 0.2) is 0 Å². The maximum absolute atomic E-state index is 8.91. The van der Waals surface area contributed by atoms with Crippen LogP contribution < -0.4 is 0 Å². The molecule has 0 atom stereocenters. The first-order valence-electron chi connectivity index (χ1n) is 3.26. The molecule has 0 aliphatic rings. The number of allylic oxidation sites excluding steroid dienone is 3. The van der Waals surface area contributed by atoms with Gasteiger partial charge in [-0.2, -0.15) is 0 Å². The van der Waals surface area contributed by atoms with Gasteiger partial charge >= 0.3 is 0 Å². The van der Waals surface area contributed by atoms with Gasteiger partial charge < -0.3 is 5.11 Å². The van der Waals surface area contributed by atoms with E-state index in [0.717, 1.165) is 19.3 Å². The summed E-state index contributed by atoms with van der Waals surface area (Å²) in [5, 5.41) is 8.91. The van der Waals surface area contributed by atoms with Crippen molar-refractivity contribution >= 4 is 0 Å². The Balaban J connectivity index is 3.17. The molecule has 0 spiro atoms. The molecule has 0 saturated carbocycles. The summed E-state index contributed by atoms with van der Waals surface area (Å²) in [6.45, 7) is 5.42. The molecule has 0 heterocycles. The lowest BCUT2D eigenvalue weighted by Crippen LogP contribution is -1.79. The van der Waals surface area contributed by atoms with Crippen molar-refractivity contribution in [3.63, 3.8) is 0 Å². The van der Waals surface area contributed by atoms with Crippen molar-refractivity contribution in [1.82, 2.24) is 0 Å². The molecule has 0 aliphatic carbocycles. The molecule has 0 aromatic heterocycles. The SMILES string of the molecule is C=CCCC/C(O)=C/C. The number of aliphatic hydroxyl groups excluding tert-OH is 1. The average molecular weight is 126 g/mol. The van der Waals surface area contributed by atoms with E-state index in [9.17, 15) is 0 Å². The van der Waals surface area contributed by atoms with E-state index in [0.29, 0.717) is 5.76 Å². The predicted octanol–water partition coefficient (Wildman–Crippen LogP) is 2.80. The second-order valence-corrected chi connectivity index (χ2v) is 1.96. The Morgan fingerprint density at radius 1 is 1.67 bits per heavy atom. The number of unbranched alkanes of at least 4 members (excludes halogenated alkanes) is 1. The van der Waals surface area contributed by atoms with E-state index in [1.54, 1.807) is 6.08 Å². The van der Waals surface area contributed by atoms with Crippen LogP contribution in [-0.4, -0.2) is 5.11 Å². The monoisotopic (exact) mass is 126 g/mol. The average Bonchev–Trinajstić information content (AvgIpc) is 1.89. The maximum Gasteiger partial charge on any atom is 0.0880 e. The summed E-state index contributed by atoms with van der Waals surface area (Å²) in [6.07, 6.45) is 6.35. The fourth-order valence-corrected chi connectivity index (χ4v) is 0.572. The molecule has 1 nitrogen and oxygen atoms in total. The molecule has 0 aliphatic heterocycles. The van der Waals surface area contributed by atoms with E-state index in [1.165, 1.54) is 0 Å². The van der Waals surface area contributed by atoms with Gasteiger partial charge in [-0.25, -0.2) is 0 Å². The Morgan fingerprint density at radius 3 is 2.78 bits per heavy atom. The van der Waals surface area contributed by atoms with E-state index < -0.39 is 0 Å². The zero-order valence-corrected chi connectivity index (χ0v) is 5.93. The first kappa shape index (κ1) is 8.28. The minimum absolute atomic E-state index is 0.483. The Hall–Kier alpha value is -0.720. The molecule has 0 rings (SSSR count). The first-order valence-corrected chi connectivity index (χ1v) is 3.26. The van der Waals surface area contributed by atoms with Crippen molar-refractivity contribution < 1.29 is 5.11 Å². The molecule has 0 fully saturated rings. The van der Waals surface area contributed by atoms with Crippen LogP contribution in [-0.2, 0) is 0 Å². The van der Waals surface area contributed by atoms with Crippen LogP contribution in [0.25, 0.3) is 0 Å². The molecule has 1 heteroatoms. The second kappa shape index (κ2) is 5.42. The van der Waals surface area contributed by atoms with E-state index in [4.69, 9.17) is 5.11 Å². The highest BCUT2D eigenvalue weighted by Crippen LogP contribution is 2.02. The number of hydrogen-bond acceptors (Lipinski definition) is 1. The largest absolute Gasteiger partial charge is 0.513 e. The summed E-state index contributed by atoms with van der Waals surface area (Å²) in [6, 6.07) is 0. The molecule has 0 amide bonds. The highest BCUT2D eigenvalue weighted by Gasteiger charge is 1.87. The van der Waals surface area contributed by atoms with Gasteiger partial charge in [0.25, 0.3) is 0 Å². The normalized spacial score (nSPS) is 11.4. The molecule has 1 N–H and O–H groups in total. The zero-order valence-electron chi connectivity index (χ0n) is 5.93. The van der Waals surface area contributed by atoms with Crippen LogP contribution in [0.2, 0.25) is 0 Å². The van der Waals surface area contributed by atoms with Crippen LogP contribution in [0.3, 0.4) is 0 Å². The molecule has 0 aromatic rings. The van der Waals surface area contributed by atoms with E-state index in [2.05, 4.69) is 6.58 Å². The van der Waals surface area contributed by atoms with Crippen molar-refractivity contribution in [1.29, 1.82) is 0 Å². The van der Waals surface area contributed by atoms with Crippen LogP contribution in [0.4, 0.5) is 0 Å². The maximum atomic E-state index is 8.91. The van der Waals surface area contributed by atoms with Crippen LogP contribution in [0, 0.1) is 0 Å².